The molecular formula is C16H25NO3. The van der Waals surface area contributed by atoms with Gasteiger partial charge in [-0.05, 0) is 69.1 Å². The largest absolute Gasteiger partial charge is 0.480 e. The van der Waals surface area contributed by atoms with Gasteiger partial charge in [0.1, 0.15) is 5.54 Å². The van der Waals surface area contributed by atoms with Crippen molar-refractivity contribution < 1.29 is 14.7 Å². The zero-order chi connectivity index (χ0) is 14.5. The molecule has 2 N–H and O–H groups in total. The molecule has 4 aliphatic rings. The lowest BCUT2D eigenvalue weighted by Crippen LogP contribution is -2.58. The second-order valence-electron chi connectivity index (χ2n) is 7.44. The Bertz CT molecular complexity index is 405. The summed E-state index contributed by atoms with van der Waals surface area (Å²) in [5.41, 5.74) is -1.12. The molecule has 20 heavy (non-hydrogen) atoms. The van der Waals surface area contributed by atoms with Gasteiger partial charge in [-0.2, -0.15) is 0 Å². The van der Waals surface area contributed by atoms with Gasteiger partial charge in [0.05, 0.1) is 0 Å². The third-order valence-electron chi connectivity index (χ3n) is 6.11. The molecule has 4 saturated carbocycles. The smallest absolute Gasteiger partial charge is 0.329 e. The summed E-state index contributed by atoms with van der Waals surface area (Å²) in [7, 11) is 0. The van der Waals surface area contributed by atoms with E-state index in [4.69, 9.17) is 0 Å². The summed E-state index contributed by atoms with van der Waals surface area (Å²) >= 11 is 0. The van der Waals surface area contributed by atoms with E-state index >= 15 is 0 Å². The van der Waals surface area contributed by atoms with Gasteiger partial charge < -0.3 is 10.4 Å². The Morgan fingerprint density at radius 3 is 2.00 bits per heavy atom. The third kappa shape index (κ3) is 2.13. The fraction of sp³-hybridized carbons (Fsp3) is 0.875. The Kier molecular flexibility index (Phi) is 3.30. The fourth-order valence-corrected chi connectivity index (χ4v) is 5.00. The van der Waals surface area contributed by atoms with E-state index in [2.05, 4.69) is 5.32 Å². The summed E-state index contributed by atoms with van der Waals surface area (Å²) in [6.45, 7) is 3.43. The molecule has 4 fully saturated rings. The molecule has 1 amide bonds. The molecule has 4 bridgehead atoms. The molecule has 1 atom stereocenters. The maximum absolute atomic E-state index is 12.6. The molecule has 112 valence electrons. The van der Waals surface area contributed by atoms with E-state index in [-0.39, 0.29) is 11.8 Å². The van der Waals surface area contributed by atoms with Gasteiger partial charge in [-0.15, -0.1) is 0 Å². The number of carbonyl (C=O) groups excluding carboxylic acids is 1. The van der Waals surface area contributed by atoms with Crippen LogP contribution in [0, 0.1) is 29.6 Å². The highest BCUT2D eigenvalue weighted by Crippen LogP contribution is 2.56. The molecule has 0 radical (unpaired) electrons. The summed E-state index contributed by atoms with van der Waals surface area (Å²) in [4.78, 5) is 24.0. The molecule has 1 unspecified atom stereocenters. The zero-order valence-corrected chi connectivity index (χ0v) is 12.4. The van der Waals surface area contributed by atoms with E-state index in [0.717, 1.165) is 11.8 Å². The molecule has 4 nitrogen and oxygen atoms in total. The Hall–Kier alpha value is -1.06. The maximum Gasteiger partial charge on any atom is 0.329 e. The molecule has 0 spiro atoms. The van der Waals surface area contributed by atoms with Crippen molar-refractivity contribution >= 4 is 11.9 Å². The maximum atomic E-state index is 12.6. The molecule has 0 aromatic rings. The number of carboxylic acid groups (broad SMARTS) is 1. The SMILES string of the molecule is CCC(C)(NC(=O)C1C2CC3CC(C2)CC1C3)C(=O)O. The average molecular weight is 279 g/mol. The highest BCUT2D eigenvalue weighted by Gasteiger charge is 2.51. The van der Waals surface area contributed by atoms with E-state index in [0.29, 0.717) is 18.3 Å². The van der Waals surface area contributed by atoms with Gasteiger partial charge in [-0.3, -0.25) is 4.79 Å². The minimum absolute atomic E-state index is 0.00875. The lowest BCUT2D eigenvalue weighted by molar-refractivity contribution is -0.151. The Morgan fingerprint density at radius 1 is 1.10 bits per heavy atom. The minimum Gasteiger partial charge on any atom is -0.480 e. The lowest BCUT2D eigenvalue weighted by atomic mass is 9.51. The number of rotatable bonds is 4. The molecule has 0 aromatic heterocycles. The first-order valence-electron chi connectivity index (χ1n) is 7.98. The predicted octanol–water partition coefficient (Wildman–Crippen LogP) is 2.43. The van der Waals surface area contributed by atoms with E-state index < -0.39 is 11.5 Å². The third-order valence-corrected chi connectivity index (χ3v) is 6.11. The summed E-state index contributed by atoms with van der Waals surface area (Å²) in [6.07, 6.45) is 6.51. The van der Waals surface area contributed by atoms with Gasteiger partial charge >= 0.3 is 5.97 Å². The summed E-state index contributed by atoms with van der Waals surface area (Å²) in [6, 6.07) is 0. The molecule has 0 aliphatic heterocycles. The van der Waals surface area contributed by atoms with Gasteiger partial charge in [-0.25, -0.2) is 4.79 Å². The lowest BCUT2D eigenvalue weighted by Gasteiger charge is -2.54. The molecule has 4 aliphatic carbocycles. The number of hydrogen-bond acceptors (Lipinski definition) is 2. The number of carbonyl (C=O) groups is 2. The van der Waals surface area contributed by atoms with Crippen molar-refractivity contribution in [1.29, 1.82) is 0 Å². The molecular weight excluding hydrogens is 254 g/mol. The van der Waals surface area contributed by atoms with Crippen LogP contribution in [0.15, 0.2) is 0 Å². The predicted molar refractivity (Wildman–Crippen MR) is 75.0 cm³/mol. The van der Waals surface area contributed by atoms with Crippen molar-refractivity contribution in [2.24, 2.45) is 29.6 Å². The first kappa shape index (κ1) is 13.9. The first-order valence-corrected chi connectivity index (χ1v) is 7.98. The molecule has 0 heterocycles. The number of amides is 1. The van der Waals surface area contributed by atoms with Crippen molar-refractivity contribution in [3.05, 3.63) is 0 Å². The normalized spacial score (nSPS) is 41.2. The summed E-state index contributed by atoms with van der Waals surface area (Å²) in [5, 5.41) is 12.1. The first-order chi connectivity index (χ1) is 9.43. The molecule has 0 saturated heterocycles. The van der Waals surface area contributed by atoms with Gasteiger partial charge in [0, 0.05) is 5.92 Å². The molecule has 0 aromatic carbocycles. The van der Waals surface area contributed by atoms with Crippen LogP contribution in [-0.2, 0) is 9.59 Å². The monoisotopic (exact) mass is 279 g/mol. The molecule has 4 heteroatoms. The van der Waals surface area contributed by atoms with Crippen molar-refractivity contribution in [1.82, 2.24) is 5.32 Å². The standard InChI is InChI=1S/C16H25NO3/c1-3-16(2,15(19)20)17-14(18)13-11-5-9-4-10(7-11)8-12(13)6-9/h9-13H,3-8H2,1-2H3,(H,17,18)(H,19,20). The van der Waals surface area contributed by atoms with Gasteiger partial charge in [-0.1, -0.05) is 6.92 Å². The number of carboxylic acids is 1. The van der Waals surface area contributed by atoms with Crippen molar-refractivity contribution in [2.75, 3.05) is 0 Å². The van der Waals surface area contributed by atoms with Crippen LogP contribution in [0.5, 0.6) is 0 Å². The highest BCUT2D eigenvalue weighted by atomic mass is 16.4. The Labute approximate surface area is 120 Å². The minimum atomic E-state index is -1.12. The topological polar surface area (TPSA) is 66.4 Å². The van der Waals surface area contributed by atoms with Crippen LogP contribution in [0.4, 0.5) is 0 Å². The number of aliphatic carboxylic acids is 1. The Morgan fingerprint density at radius 2 is 1.60 bits per heavy atom. The van der Waals surface area contributed by atoms with Crippen LogP contribution in [0.2, 0.25) is 0 Å². The van der Waals surface area contributed by atoms with E-state index in [1.807, 2.05) is 6.92 Å². The number of nitrogens with one attached hydrogen (secondary N) is 1. The van der Waals surface area contributed by atoms with E-state index in [9.17, 15) is 14.7 Å². The Balaban J connectivity index is 1.73. The highest BCUT2D eigenvalue weighted by molar-refractivity contribution is 5.88. The van der Waals surface area contributed by atoms with Crippen LogP contribution < -0.4 is 5.32 Å². The van der Waals surface area contributed by atoms with Crippen LogP contribution in [0.3, 0.4) is 0 Å². The zero-order valence-electron chi connectivity index (χ0n) is 12.4. The van der Waals surface area contributed by atoms with Crippen LogP contribution in [0.25, 0.3) is 0 Å². The second-order valence-corrected chi connectivity index (χ2v) is 7.44. The van der Waals surface area contributed by atoms with Crippen LogP contribution >= 0.6 is 0 Å². The molecule has 4 rings (SSSR count). The van der Waals surface area contributed by atoms with Gasteiger partial charge in [0.15, 0.2) is 0 Å². The second kappa shape index (κ2) is 4.74. The van der Waals surface area contributed by atoms with Gasteiger partial charge in [0.2, 0.25) is 5.91 Å². The van der Waals surface area contributed by atoms with Crippen LogP contribution in [0.1, 0.15) is 52.4 Å². The van der Waals surface area contributed by atoms with Crippen molar-refractivity contribution in [3.63, 3.8) is 0 Å². The average Bonchev–Trinajstić information content (AvgIpc) is 2.36. The van der Waals surface area contributed by atoms with E-state index in [1.165, 1.54) is 32.1 Å². The van der Waals surface area contributed by atoms with Crippen molar-refractivity contribution in [2.45, 2.75) is 57.9 Å². The van der Waals surface area contributed by atoms with Crippen LogP contribution in [-0.4, -0.2) is 22.5 Å². The number of hydrogen-bond donors (Lipinski definition) is 2. The van der Waals surface area contributed by atoms with Gasteiger partial charge in [0.25, 0.3) is 0 Å². The van der Waals surface area contributed by atoms with Crippen molar-refractivity contribution in [3.8, 4) is 0 Å². The summed E-state index contributed by atoms with van der Waals surface area (Å²) in [5.74, 6) is 1.79. The van der Waals surface area contributed by atoms with E-state index in [1.54, 1.807) is 6.92 Å². The quantitative estimate of drug-likeness (QED) is 0.830. The fourth-order valence-electron chi connectivity index (χ4n) is 5.00. The summed E-state index contributed by atoms with van der Waals surface area (Å²) < 4.78 is 0.